The molecular formula is C14H30O3. The predicted molar refractivity (Wildman–Crippen MR) is 71.0 cm³/mol. The molecule has 2 atom stereocenters. The molecule has 0 saturated heterocycles. The van der Waals surface area contributed by atoms with Crippen LogP contribution in [0.4, 0.5) is 0 Å². The van der Waals surface area contributed by atoms with Crippen molar-refractivity contribution in [1.82, 2.24) is 0 Å². The van der Waals surface area contributed by atoms with Crippen molar-refractivity contribution in [2.75, 3.05) is 20.0 Å². The second kappa shape index (κ2) is 12.3. The highest BCUT2D eigenvalue weighted by Crippen LogP contribution is 2.12. The highest BCUT2D eigenvalue weighted by molar-refractivity contribution is 4.57. The van der Waals surface area contributed by atoms with E-state index in [2.05, 4.69) is 13.8 Å². The highest BCUT2D eigenvalue weighted by atomic mass is 16.7. The molecule has 0 amide bonds. The minimum atomic E-state index is -0.187. The molecule has 17 heavy (non-hydrogen) atoms. The lowest BCUT2D eigenvalue weighted by Gasteiger charge is -2.13. The van der Waals surface area contributed by atoms with Gasteiger partial charge in [-0.25, -0.2) is 0 Å². The number of ether oxygens (including phenoxy) is 2. The van der Waals surface area contributed by atoms with Crippen LogP contribution >= 0.6 is 0 Å². The zero-order valence-corrected chi connectivity index (χ0v) is 11.8. The maximum Gasteiger partial charge on any atom is 0.146 e. The summed E-state index contributed by atoms with van der Waals surface area (Å²) in [7, 11) is 0. The number of aliphatic hydroxyl groups excluding tert-OH is 1. The Morgan fingerprint density at radius 2 is 1.65 bits per heavy atom. The number of hydrogen-bond acceptors (Lipinski definition) is 3. The van der Waals surface area contributed by atoms with Gasteiger partial charge in [0.15, 0.2) is 0 Å². The third-order valence-electron chi connectivity index (χ3n) is 2.79. The standard InChI is InChI=1S/C14H30O3/c1-4-5-6-9-16-12-17-10-7-8-13(2)11-14(3)15/h13-15H,4-12H2,1-3H3. The summed E-state index contributed by atoms with van der Waals surface area (Å²) in [5.74, 6) is 0.573. The van der Waals surface area contributed by atoms with Crippen molar-refractivity contribution in [2.45, 2.75) is 65.4 Å². The Morgan fingerprint density at radius 3 is 2.24 bits per heavy atom. The monoisotopic (exact) mass is 246 g/mol. The average Bonchev–Trinajstić information content (AvgIpc) is 2.26. The molecule has 0 aromatic heterocycles. The summed E-state index contributed by atoms with van der Waals surface area (Å²) >= 11 is 0. The van der Waals surface area contributed by atoms with Crippen LogP contribution in [0.5, 0.6) is 0 Å². The van der Waals surface area contributed by atoms with Crippen molar-refractivity contribution in [3.8, 4) is 0 Å². The van der Waals surface area contributed by atoms with E-state index >= 15 is 0 Å². The van der Waals surface area contributed by atoms with Gasteiger partial charge in [0.05, 0.1) is 6.10 Å². The molecule has 2 unspecified atom stereocenters. The van der Waals surface area contributed by atoms with Crippen molar-refractivity contribution in [2.24, 2.45) is 5.92 Å². The normalized spacial score (nSPS) is 14.8. The lowest BCUT2D eigenvalue weighted by Crippen LogP contribution is -2.09. The van der Waals surface area contributed by atoms with E-state index in [0.29, 0.717) is 12.7 Å². The second-order valence-electron chi connectivity index (χ2n) is 4.97. The molecule has 0 spiro atoms. The summed E-state index contributed by atoms with van der Waals surface area (Å²) in [6.45, 7) is 8.20. The summed E-state index contributed by atoms with van der Waals surface area (Å²) in [5, 5.41) is 9.22. The van der Waals surface area contributed by atoms with Crippen LogP contribution in [0, 0.1) is 5.92 Å². The Morgan fingerprint density at radius 1 is 1.00 bits per heavy atom. The molecule has 104 valence electrons. The molecule has 0 saturated carbocycles. The second-order valence-corrected chi connectivity index (χ2v) is 4.97. The minimum absolute atomic E-state index is 0.187. The van der Waals surface area contributed by atoms with E-state index in [4.69, 9.17) is 9.47 Å². The van der Waals surface area contributed by atoms with Crippen molar-refractivity contribution < 1.29 is 14.6 Å². The molecule has 0 aliphatic carbocycles. The average molecular weight is 246 g/mol. The van der Waals surface area contributed by atoms with Crippen LogP contribution in [0.25, 0.3) is 0 Å². The molecule has 0 aliphatic rings. The SMILES string of the molecule is CCCCCOCOCCCC(C)CC(C)O. The fourth-order valence-electron chi connectivity index (χ4n) is 1.86. The highest BCUT2D eigenvalue weighted by Gasteiger charge is 2.05. The molecule has 3 heteroatoms. The summed E-state index contributed by atoms with van der Waals surface area (Å²) < 4.78 is 10.7. The minimum Gasteiger partial charge on any atom is -0.393 e. The van der Waals surface area contributed by atoms with Crippen LogP contribution in [0.2, 0.25) is 0 Å². The zero-order valence-electron chi connectivity index (χ0n) is 11.8. The molecular weight excluding hydrogens is 216 g/mol. The first-order chi connectivity index (χ1) is 8.16. The van der Waals surface area contributed by atoms with Crippen LogP contribution in [-0.2, 0) is 9.47 Å². The van der Waals surface area contributed by atoms with Crippen molar-refractivity contribution >= 4 is 0 Å². The predicted octanol–water partition coefficient (Wildman–Crippen LogP) is 3.35. The first-order valence-corrected chi connectivity index (χ1v) is 7.00. The Balaban J connectivity index is 3.07. The molecule has 0 heterocycles. The van der Waals surface area contributed by atoms with E-state index in [1.54, 1.807) is 0 Å². The lowest BCUT2D eigenvalue weighted by molar-refractivity contribution is -0.0561. The van der Waals surface area contributed by atoms with Gasteiger partial charge in [-0.3, -0.25) is 0 Å². The van der Waals surface area contributed by atoms with Gasteiger partial charge in [-0.05, 0) is 38.5 Å². The van der Waals surface area contributed by atoms with Crippen LogP contribution in [0.1, 0.15) is 59.3 Å². The molecule has 3 nitrogen and oxygen atoms in total. The molecule has 0 fully saturated rings. The number of aliphatic hydroxyl groups is 1. The Bertz CT molecular complexity index is 148. The van der Waals surface area contributed by atoms with E-state index < -0.39 is 0 Å². The van der Waals surface area contributed by atoms with Gasteiger partial charge in [-0.2, -0.15) is 0 Å². The summed E-state index contributed by atoms with van der Waals surface area (Å²) in [5.41, 5.74) is 0. The molecule has 0 aromatic rings. The van der Waals surface area contributed by atoms with Crippen LogP contribution in [0.3, 0.4) is 0 Å². The smallest absolute Gasteiger partial charge is 0.146 e. The fourth-order valence-corrected chi connectivity index (χ4v) is 1.86. The summed E-state index contributed by atoms with van der Waals surface area (Å²) in [4.78, 5) is 0. The number of hydrogen-bond donors (Lipinski definition) is 1. The largest absolute Gasteiger partial charge is 0.393 e. The number of unbranched alkanes of at least 4 members (excludes halogenated alkanes) is 2. The Hall–Kier alpha value is -0.120. The van der Waals surface area contributed by atoms with Crippen molar-refractivity contribution in [3.63, 3.8) is 0 Å². The van der Waals surface area contributed by atoms with Gasteiger partial charge in [0, 0.05) is 13.2 Å². The summed E-state index contributed by atoms with van der Waals surface area (Å²) in [6, 6.07) is 0. The van der Waals surface area contributed by atoms with Gasteiger partial charge in [0.2, 0.25) is 0 Å². The quantitative estimate of drug-likeness (QED) is 0.424. The van der Waals surface area contributed by atoms with E-state index in [9.17, 15) is 5.11 Å². The van der Waals surface area contributed by atoms with Crippen LogP contribution < -0.4 is 0 Å². The van der Waals surface area contributed by atoms with Crippen molar-refractivity contribution in [3.05, 3.63) is 0 Å². The molecule has 0 aromatic carbocycles. The molecule has 0 radical (unpaired) electrons. The molecule has 1 N–H and O–H groups in total. The van der Waals surface area contributed by atoms with Gasteiger partial charge in [-0.15, -0.1) is 0 Å². The zero-order chi connectivity index (χ0) is 12.9. The molecule has 0 bridgehead atoms. The van der Waals surface area contributed by atoms with E-state index in [0.717, 1.165) is 38.9 Å². The third kappa shape index (κ3) is 13.8. The van der Waals surface area contributed by atoms with Crippen LogP contribution in [0.15, 0.2) is 0 Å². The Labute approximate surface area is 107 Å². The molecule has 0 rings (SSSR count). The van der Waals surface area contributed by atoms with Gasteiger partial charge in [0.25, 0.3) is 0 Å². The maximum atomic E-state index is 9.22. The first-order valence-electron chi connectivity index (χ1n) is 7.00. The van der Waals surface area contributed by atoms with Crippen LogP contribution in [-0.4, -0.2) is 31.2 Å². The lowest BCUT2D eigenvalue weighted by atomic mass is 9.99. The fraction of sp³-hybridized carbons (Fsp3) is 1.00. The first kappa shape index (κ1) is 16.9. The van der Waals surface area contributed by atoms with Gasteiger partial charge in [-0.1, -0.05) is 26.7 Å². The van der Waals surface area contributed by atoms with E-state index in [-0.39, 0.29) is 6.10 Å². The molecule has 0 aliphatic heterocycles. The van der Waals surface area contributed by atoms with E-state index in [1.807, 2.05) is 6.92 Å². The van der Waals surface area contributed by atoms with E-state index in [1.165, 1.54) is 12.8 Å². The maximum absolute atomic E-state index is 9.22. The van der Waals surface area contributed by atoms with Crippen molar-refractivity contribution in [1.29, 1.82) is 0 Å². The van der Waals surface area contributed by atoms with Gasteiger partial charge >= 0.3 is 0 Å². The van der Waals surface area contributed by atoms with Gasteiger partial charge < -0.3 is 14.6 Å². The Kier molecular flexibility index (Phi) is 12.3. The number of rotatable bonds is 12. The van der Waals surface area contributed by atoms with Gasteiger partial charge in [0.1, 0.15) is 6.79 Å². The summed E-state index contributed by atoms with van der Waals surface area (Å²) in [6.07, 6.45) is 6.45. The topological polar surface area (TPSA) is 38.7 Å². The third-order valence-corrected chi connectivity index (χ3v) is 2.79.